The second-order valence-electron chi connectivity index (χ2n) is 5.79. The summed E-state index contributed by atoms with van der Waals surface area (Å²) in [4.78, 5) is 12.5. The van der Waals surface area contributed by atoms with Crippen LogP contribution in [0.2, 0.25) is 5.02 Å². The van der Waals surface area contributed by atoms with E-state index in [0.717, 1.165) is 11.3 Å². The van der Waals surface area contributed by atoms with Gasteiger partial charge in [0.15, 0.2) is 5.82 Å². The van der Waals surface area contributed by atoms with Crippen molar-refractivity contribution in [1.82, 2.24) is 9.78 Å². The number of amides is 1. The molecule has 7 heteroatoms. The summed E-state index contributed by atoms with van der Waals surface area (Å²) in [6, 6.07) is 19.0. The molecular weight excluding hydrogens is 380 g/mol. The van der Waals surface area contributed by atoms with Gasteiger partial charge in [-0.15, -0.1) is 11.8 Å². The fourth-order valence-corrected chi connectivity index (χ4v) is 3.80. The lowest BCUT2D eigenvalue weighted by Crippen LogP contribution is -2.18. The number of hydrogen-bond donors (Lipinski definition) is 1. The molecule has 0 aliphatic rings. The summed E-state index contributed by atoms with van der Waals surface area (Å²) in [5.74, 6) is 0.407. The van der Waals surface area contributed by atoms with Gasteiger partial charge in [-0.1, -0.05) is 48.0 Å². The highest BCUT2D eigenvalue weighted by Crippen LogP contribution is 2.33. The Morgan fingerprint density at radius 3 is 2.67 bits per heavy atom. The van der Waals surface area contributed by atoms with Gasteiger partial charge in [0.25, 0.3) is 0 Å². The summed E-state index contributed by atoms with van der Waals surface area (Å²) in [5, 5.41) is 17.1. The van der Waals surface area contributed by atoms with Gasteiger partial charge >= 0.3 is 0 Å². The van der Waals surface area contributed by atoms with E-state index in [4.69, 9.17) is 11.6 Å². The van der Waals surface area contributed by atoms with Gasteiger partial charge in [-0.05, 0) is 30.7 Å². The topological polar surface area (TPSA) is 70.7 Å². The van der Waals surface area contributed by atoms with Gasteiger partial charge < -0.3 is 5.32 Å². The van der Waals surface area contributed by atoms with Gasteiger partial charge in [-0.3, -0.25) is 4.79 Å². The standard InChI is InChI=1S/C20H17ClN4OS/c1-14(17-9-5-6-10-18(17)21)27-13-19(26)24-20-15(11-22)12-23-25(20)16-7-3-2-4-8-16/h2-10,12,14H,13H2,1H3,(H,24,26). The van der Waals surface area contributed by atoms with Crippen molar-refractivity contribution in [3.63, 3.8) is 0 Å². The molecule has 0 radical (unpaired) electrons. The number of aromatic nitrogens is 2. The largest absolute Gasteiger partial charge is 0.309 e. The lowest BCUT2D eigenvalue weighted by atomic mass is 10.2. The summed E-state index contributed by atoms with van der Waals surface area (Å²) in [7, 11) is 0. The van der Waals surface area contributed by atoms with E-state index < -0.39 is 0 Å². The molecule has 27 heavy (non-hydrogen) atoms. The first kappa shape index (κ1) is 19.0. The van der Waals surface area contributed by atoms with Crippen molar-refractivity contribution in [3.8, 4) is 11.8 Å². The number of nitriles is 1. The van der Waals surface area contributed by atoms with Crippen LogP contribution in [0, 0.1) is 11.3 Å². The molecule has 1 unspecified atom stereocenters. The van der Waals surface area contributed by atoms with Gasteiger partial charge in [0.05, 0.1) is 17.6 Å². The number of carbonyl (C=O) groups is 1. The molecule has 3 rings (SSSR count). The van der Waals surface area contributed by atoms with Gasteiger partial charge in [0, 0.05) is 10.3 Å². The first-order valence-electron chi connectivity index (χ1n) is 8.29. The quantitative estimate of drug-likeness (QED) is 0.647. The molecule has 0 bridgehead atoms. The molecule has 1 amide bonds. The van der Waals surface area contributed by atoms with Gasteiger partial charge in [0.1, 0.15) is 11.6 Å². The van der Waals surface area contributed by atoms with Crippen LogP contribution in [-0.4, -0.2) is 21.4 Å². The maximum absolute atomic E-state index is 12.5. The molecule has 0 aliphatic heterocycles. The SMILES string of the molecule is CC(SCC(=O)Nc1c(C#N)cnn1-c1ccccc1)c1ccccc1Cl. The molecule has 136 valence electrons. The molecule has 0 spiro atoms. The molecule has 0 aliphatic carbocycles. The van der Waals surface area contributed by atoms with Crippen molar-refractivity contribution >= 4 is 35.1 Å². The van der Waals surface area contributed by atoms with E-state index in [2.05, 4.69) is 16.5 Å². The Balaban J connectivity index is 1.71. The highest BCUT2D eigenvalue weighted by Gasteiger charge is 2.17. The molecule has 1 heterocycles. The van der Waals surface area contributed by atoms with E-state index >= 15 is 0 Å². The van der Waals surface area contributed by atoms with E-state index in [0.29, 0.717) is 16.4 Å². The lowest BCUT2D eigenvalue weighted by Gasteiger charge is -2.14. The highest BCUT2D eigenvalue weighted by molar-refractivity contribution is 8.00. The van der Waals surface area contributed by atoms with Crippen LogP contribution in [0.1, 0.15) is 23.3 Å². The predicted molar refractivity (Wildman–Crippen MR) is 109 cm³/mol. The summed E-state index contributed by atoms with van der Waals surface area (Å²) in [5.41, 5.74) is 2.08. The highest BCUT2D eigenvalue weighted by atomic mass is 35.5. The van der Waals surface area contributed by atoms with Crippen molar-refractivity contribution in [2.75, 3.05) is 11.1 Å². The third-order valence-corrected chi connectivity index (χ3v) is 5.48. The molecule has 1 atom stereocenters. The van der Waals surface area contributed by atoms with Crippen LogP contribution < -0.4 is 5.32 Å². The predicted octanol–water partition coefficient (Wildman–Crippen LogP) is 4.83. The average Bonchev–Trinajstić information content (AvgIpc) is 3.09. The van der Waals surface area contributed by atoms with Crippen molar-refractivity contribution < 1.29 is 4.79 Å². The van der Waals surface area contributed by atoms with E-state index in [1.807, 2.05) is 61.5 Å². The minimum Gasteiger partial charge on any atom is -0.309 e. The number of carbonyl (C=O) groups excluding carboxylic acids is 1. The van der Waals surface area contributed by atoms with Crippen molar-refractivity contribution in [2.45, 2.75) is 12.2 Å². The molecule has 1 aromatic heterocycles. The summed E-state index contributed by atoms with van der Waals surface area (Å²) >= 11 is 7.70. The number of anilines is 1. The van der Waals surface area contributed by atoms with Crippen LogP contribution in [0.15, 0.2) is 60.8 Å². The Morgan fingerprint density at radius 1 is 1.26 bits per heavy atom. The van der Waals surface area contributed by atoms with E-state index in [1.165, 1.54) is 18.0 Å². The van der Waals surface area contributed by atoms with E-state index in [1.54, 1.807) is 4.68 Å². The molecule has 2 aromatic carbocycles. The van der Waals surface area contributed by atoms with Crippen molar-refractivity contribution in [2.24, 2.45) is 0 Å². The first-order chi connectivity index (χ1) is 13.1. The Bertz CT molecular complexity index is 981. The number of nitrogens with one attached hydrogen (secondary N) is 1. The van der Waals surface area contributed by atoms with Crippen LogP contribution in [0.3, 0.4) is 0 Å². The zero-order chi connectivity index (χ0) is 19.2. The smallest absolute Gasteiger partial charge is 0.235 e. The monoisotopic (exact) mass is 396 g/mol. The Hall–Kier alpha value is -2.75. The number of rotatable bonds is 6. The van der Waals surface area contributed by atoms with E-state index in [-0.39, 0.29) is 16.9 Å². The third kappa shape index (κ3) is 4.51. The number of benzene rings is 2. The number of halogens is 1. The minimum absolute atomic E-state index is 0.0684. The minimum atomic E-state index is -0.201. The van der Waals surface area contributed by atoms with Crippen LogP contribution >= 0.6 is 23.4 Å². The molecule has 0 saturated carbocycles. The maximum atomic E-state index is 12.5. The van der Waals surface area contributed by atoms with Crippen LogP contribution in [0.5, 0.6) is 0 Å². The molecule has 5 nitrogen and oxygen atoms in total. The van der Waals surface area contributed by atoms with Crippen LogP contribution in [-0.2, 0) is 4.79 Å². The van der Waals surface area contributed by atoms with Gasteiger partial charge in [0.2, 0.25) is 5.91 Å². The van der Waals surface area contributed by atoms with Gasteiger partial charge in [-0.2, -0.15) is 10.4 Å². The number of thioether (sulfide) groups is 1. The maximum Gasteiger partial charge on any atom is 0.235 e. The average molecular weight is 397 g/mol. The molecule has 1 N–H and O–H groups in total. The zero-order valence-corrected chi connectivity index (χ0v) is 16.2. The Morgan fingerprint density at radius 2 is 1.96 bits per heavy atom. The second kappa shape index (κ2) is 8.76. The van der Waals surface area contributed by atoms with Crippen LogP contribution in [0.4, 0.5) is 5.82 Å². The molecule has 0 fully saturated rings. The zero-order valence-electron chi connectivity index (χ0n) is 14.6. The van der Waals surface area contributed by atoms with E-state index in [9.17, 15) is 10.1 Å². The Labute approximate surface area is 167 Å². The fraction of sp³-hybridized carbons (Fsp3) is 0.150. The second-order valence-corrected chi connectivity index (χ2v) is 7.53. The molecular formula is C20H17ClN4OS. The van der Waals surface area contributed by atoms with Crippen LogP contribution in [0.25, 0.3) is 5.69 Å². The fourth-order valence-electron chi connectivity index (χ4n) is 2.58. The third-order valence-electron chi connectivity index (χ3n) is 3.96. The summed E-state index contributed by atoms with van der Waals surface area (Å²) in [6.07, 6.45) is 1.45. The normalized spacial score (nSPS) is 11.6. The Kier molecular flexibility index (Phi) is 6.17. The summed E-state index contributed by atoms with van der Waals surface area (Å²) < 4.78 is 1.55. The molecule has 0 saturated heterocycles. The number of nitrogens with zero attached hydrogens (tertiary/aromatic N) is 3. The summed E-state index contributed by atoms with van der Waals surface area (Å²) in [6.45, 7) is 2.01. The van der Waals surface area contributed by atoms with Crippen molar-refractivity contribution in [1.29, 1.82) is 5.26 Å². The molecule has 3 aromatic rings. The number of hydrogen-bond acceptors (Lipinski definition) is 4. The lowest BCUT2D eigenvalue weighted by molar-refractivity contribution is -0.113. The number of para-hydroxylation sites is 1. The van der Waals surface area contributed by atoms with Crippen molar-refractivity contribution in [3.05, 3.63) is 76.9 Å². The first-order valence-corrected chi connectivity index (χ1v) is 9.72. The van der Waals surface area contributed by atoms with Gasteiger partial charge in [-0.25, -0.2) is 4.68 Å².